The first-order valence-electron chi connectivity index (χ1n) is 14.6. The second kappa shape index (κ2) is 17.9. The molecule has 0 unspecified atom stereocenters. The number of carbonyl (C=O) groups excluding carboxylic acids is 1. The van der Waals surface area contributed by atoms with E-state index in [0.29, 0.717) is 19.0 Å². The van der Waals surface area contributed by atoms with Gasteiger partial charge in [0, 0.05) is 28.3 Å². The molecular formula is C39H40O3. The van der Waals surface area contributed by atoms with Crippen LogP contribution >= 0.6 is 0 Å². The van der Waals surface area contributed by atoms with Crippen LogP contribution in [0, 0.1) is 23.7 Å². The van der Waals surface area contributed by atoms with Gasteiger partial charge in [-0.1, -0.05) is 74.6 Å². The summed E-state index contributed by atoms with van der Waals surface area (Å²) in [5.74, 6) is 13.5. The van der Waals surface area contributed by atoms with Crippen molar-refractivity contribution in [1.82, 2.24) is 0 Å². The van der Waals surface area contributed by atoms with Crippen LogP contribution < -0.4 is 0 Å². The summed E-state index contributed by atoms with van der Waals surface area (Å²) < 4.78 is 10.5. The summed E-state index contributed by atoms with van der Waals surface area (Å²) in [5.41, 5.74) is 7.76. The van der Waals surface area contributed by atoms with E-state index in [1.165, 1.54) is 22.8 Å². The zero-order valence-corrected chi connectivity index (χ0v) is 24.7. The molecule has 0 radical (unpaired) electrons. The first-order valence-corrected chi connectivity index (χ1v) is 14.6. The molecule has 0 heterocycles. The summed E-state index contributed by atoms with van der Waals surface area (Å²) in [4.78, 5) is 11.1. The third kappa shape index (κ3) is 11.4. The molecule has 0 aliphatic carbocycles. The second-order valence-electron chi connectivity index (χ2n) is 9.92. The molecule has 0 saturated heterocycles. The van der Waals surface area contributed by atoms with Crippen molar-refractivity contribution in [3.63, 3.8) is 0 Å². The average Bonchev–Trinajstić information content (AvgIpc) is 3.03. The number of aryl methyl sites for hydroxylation is 3. The molecular weight excluding hydrogens is 516 g/mol. The molecule has 0 saturated carbocycles. The lowest BCUT2D eigenvalue weighted by molar-refractivity contribution is -0.137. The van der Waals surface area contributed by atoms with Crippen molar-refractivity contribution in [3.8, 4) is 23.7 Å². The lowest BCUT2D eigenvalue weighted by Crippen LogP contribution is -2.02. The lowest BCUT2D eigenvalue weighted by Gasteiger charge is -2.05. The van der Waals surface area contributed by atoms with Crippen molar-refractivity contribution in [2.75, 3.05) is 13.2 Å². The Kier molecular flexibility index (Phi) is 13.5. The van der Waals surface area contributed by atoms with E-state index in [9.17, 15) is 4.79 Å². The van der Waals surface area contributed by atoms with E-state index >= 15 is 0 Å². The Bertz CT molecular complexity index is 1470. The van der Waals surface area contributed by atoms with Crippen LogP contribution in [0.25, 0.3) is 0 Å². The minimum absolute atomic E-state index is 0.366. The molecule has 0 spiro atoms. The predicted molar refractivity (Wildman–Crippen MR) is 173 cm³/mol. The van der Waals surface area contributed by atoms with Crippen molar-refractivity contribution in [2.45, 2.75) is 51.9 Å². The van der Waals surface area contributed by atoms with Gasteiger partial charge < -0.3 is 9.47 Å². The van der Waals surface area contributed by atoms with Crippen LogP contribution in [-0.4, -0.2) is 19.2 Å². The summed E-state index contributed by atoms with van der Waals surface area (Å²) in [5, 5.41) is 0. The second-order valence-corrected chi connectivity index (χ2v) is 9.92. The van der Waals surface area contributed by atoms with Gasteiger partial charge in [-0.3, -0.25) is 0 Å². The molecule has 3 aromatic carbocycles. The molecule has 0 atom stereocenters. The van der Waals surface area contributed by atoms with E-state index in [1.807, 2.05) is 6.07 Å². The molecule has 0 aliphatic rings. The Morgan fingerprint density at radius 1 is 0.690 bits per heavy atom. The average molecular weight is 557 g/mol. The number of carbonyl (C=O) groups is 1. The highest BCUT2D eigenvalue weighted by Gasteiger charge is 2.01. The number of hydrogen-bond acceptors (Lipinski definition) is 3. The van der Waals surface area contributed by atoms with E-state index in [1.54, 1.807) is 6.08 Å². The molecule has 3 rings (SSSR count). The first-order chi connectivity index (χ1) is 20.5. The summed E-state index contributed by atoms with van der Waals surface area (Å²) in [6.45, 7) is 14.1. The fraction of sp³-hybridized carbons (Fsp3) is 0.256. The van der Waals surface area contributed by atoms with Crippen molar-refractivity contribution >= 4 is 5.97 Å². The molecule has 0 fully saturated rings. The first kappa shape index (κ1) is 31.8. The molecule has 42 heavy (non-hydrogen) atoms. The molecule has 3 nitrogen and oxygen atoms in total. The highest BCUT2D eigenvalue weighted by atomic mass is 16.5. The van der Waals surface area contributed by atoms with Gasteiger partial charge in [-0.25, -0.2) is 4.79 Å². The number of rotatable bonds is 14. The largest absolute Gasteiger partial charge is 0.494 e. The van der Waals surface area contributed by atoms with Crippen LogP contribution in [0.3, 0.4) is 0 Å². The number of unbranched alkanes of at least 4 members (excludes halogenated alkanes) is 2. The zero-order valence-electron chi connectivity index (χ0n) is 24.7. The minimum Gasteiger partial charge on any atom is -0.494 e. The Balaban J connectivity index is 1.51. The molecule has 0 bridgehead atoms. The highest BCUT2D eigenvalue weighted by molar-refractivity contribution is 5.81. The maximum atomic E-state index is 11.1. The molecule has 3 aromatic rings. The van der Waals surface area contributed by atoms with Crippen LogP contribution in [0.1, 0.15) is 71.6 Å². The van der Waals surface area contributed by atoms with Gasteiger partial charge in [0.1, 0.15) is 5.76 Å². The molecule has 0 aromatic heterocycles. The Hall–Kier alpha value is -4.73. The molecule has 214 valence electrons. The number of ether oxygens (including phenoxy) is 2. The summed E-state index contributed by atoms with van der Waals surface area (Å²) >= 11 is 0. The smallest absolute Gasteiger partial charge is 0.330 e. The number of benzene rings is 3. The SMILES string of the molecule is C=CC(=C)OCCCCc1ccc(C#Cc2ccc(C#Cc3ccc(CCCCOC(=O)C=C)cc3)c(CC)c2)cc1. The van der Waals surface area contributed by atoms with Gasteiger partial charge in [-0.2, -0.15) is 0 Å². The molecule has 0 N–H and O–H groups in total. The third-order valence-corrected chi connectivity index (χ3v) is 6.73. The Morgan fingerprint density at radius 2 is 1.21 bits per heavy atom. The highest BCUT2D eigenvalue weighted by Crippen LogP contribution is 2.14. The molecule has 0 amide bonds. The normalized spacial score (nSPS) is 9.93. The summed E-state index contributed by atoms with van der Waals surface area (Å²) in [7, 11) is 0. The van der Waals surface area contributed by atoms with Crippen molar-refractivity contribution < 1.29 is 14.3 Å². The maximum absolute atomic E-state index is 11.1. The molecule has 3 heteroatoms. The number of allylic oxidation sites excluding steroid dienone is 1. The third-order valence-electron chi connectivity index (χ3n) is 6.73. The fourth-order valence-corrected chi connectivity index (χ4v) is 4.24. The van der Waals surface area contributed by atoms with Crippen LogP contribution in [0.2, 0.25) is 0 Å². The monoisotopic (exact) mass is 556 g/mol. The number of esters is 1. The van der Waals surface area contributed by atoms with Gasteiger partial charge in [-0.15, -0.1) is 0 Å². The van der Waals surface area contributed by atoms with Gasteiger partial charge >= 0.3 is 5.97 Å². The maximum Gasteiger partial charge on any atom is 0.330 e. The van der Waals surface area contributed by atoms with Crippen molar-refractivity contribution in [1.29, 1.82) is 0 Å². The number of hydrogen-bond donors (Lipinski definition) is 0. The quantitative estimate of drug-likeness (QED) is 0.0502. The van der Waals surface area contributed by atoms with Crippen LogP contribution in [-0.2, 0) is 33.5 Å². The van der Waals surface area contributed by atoms with Crippen LogP contribution in [0.15, 0.2) is 104 Å². The van der Waals surface area contributed by atoms with Gasteiger partial charge in [0.15, 0.2) is 0 Å². The standard InChI is InChI=1S/C39H40O3/c1-5-31(4)41-28-10-8-12-32-14-18-34(19-15-32)22-23-36-25-27-38(37(6-2)30-36)26-24-35-20-16-33(17-21-35)13-9-11-29-42-39(40)7-3/h5,7,14-21,25,27,30H,1,3-4,6,8-13,28-29H2,2H3. The zero-order chi connectivity index (χ0) is 30.0. The van der Waals surface area contributed by atoms with Crippen LogP contribution in [0.4, 0.5) is 0 Å². The predicted octanol–water partition coefficient (Wildman–Crippen LogP) is 8.14. The van der Waals surface area contributed by atoms with Crippen LogP contribution in [0.5, 0.6) is 0 Å². The van der Waals surface area contributed by atoms with Crippen molar-refractivity contribution in [2.24, 2.45) is 0 Å². The minimum atomic E-state index is -0.366. The van der Waals surface area contributed by atoms with Gasteiger partial charge in [-0.05, 0) is 110 Å². The van der Waals surface area contributed by atoms with E-state index in [-0.39, 0.29) is 5.97 Å². The van der Waals surface area contributed by atoms with Gasteiger partial charge in [0.2, 0.25) is 0 Å². The fourth-order valence-electron chi connectivity index (χ4n) is 4.24. The van der Waals surface area contributed by atoms with Gasteiger partial charge in [0.05, 0.1) is 13.2 Å². The van der Waals surface area contributed by atoms with E-state index < -0.39 is 0 Å². The lowest BCUT2D eigenvalue weighted by atomic mass is 10.0. The summed E-state index contributed by atoms with van der Waals surface area (Å²) in [6.07, 6.45) is 9.51. The Labute approximate surface area is 252 Å². The van der Waals surface area contributed by atoms with Crippen molar-refractivity contribution in [3.05, 3.63) is 143 Å². The van der Waals surface area contributed by atoms with E-state index in [0.717, 1.165) is 67.2 Å². The molecule has 0 aliphatic heterocycles. The van der Waals surface area contributed by atoms with E-state index in [4.69, 9.17) is 9.47 Å². The topological polar surface area (TPSA) is 35.5 Å². The Morgan fingerprint density at radius 3 is 1.76 bits per heavy atom. The summed E-state index contributed by atoms with van der Waals surface area (Å²) in [6, 6.07) is 23.1. The van der Waals surface area contributed by atoms with E-state index in [2.05, 4.69) is 111 Å². The van der Waals surface area contributed by atoms with Gasteiger partial charge in [0.25, 0.3) is 0 Å².